The van der Waals surface area contributed by atoms with Gasteiger partial charge in [-0.2, -0.15) is 13.5 Å². The van der Waals surface area contributed by atoms with Gasteiger partial charge in [0, 0.05) is 5.56 Å². The van der Waals surface area contributed by atoms with E-state index in [1.54, 1.807) is 12.1 Å². The molecule has 0 bridgehead atoms. The van der Waals surface area contributed by atoms with Crippen molar-refractivity contribution in [3.05, 3.63) is 53.6 Å². The first-order valence-electron chi connectivity index (χ1n) is 7.09. The lowest BCUT2D eigenvalue weighted by molar-refractivity contribution is 0.403. The Kier molecular flexibility index (Phi) is 5.23. The van der Waals surface area contributed by atoms with Gasteiger partial charge in [0.2, 0.25) is 0 Å². The minimum absolute atomic E-state index is 0.106. The van der Waals surface area contributed by atoms with Crippen molar-refractivity contribution in [3.63, 3.8) is 0 Å². The first kappa shape index (κ1) is 16.8. The molecule has 0 amide bonds. The Morgan fingerprint density at radius 1 is 1.13 bits per heavy atom. The van der Waals surface area contributed by atoms with Crippen molar-refractivity contribution in [3.8, 4) is 11.5 Å². The Hall–Kier alpha value is -2.54. The molecule has 0 radical (unpaired) electrons. The van der Waals surface area contributed by atoms with Gasteiger partial charge < -0.3 is 10.2 Å². The van der Waals surface area contributed by atoms with E-state index in [0.717, 1.165) is 24.6 Å². The molecule has 3 N–H and O–H groups in total. The molecule has 23 heavy (non-hydrogen) atoms. The first-order chi connectivity index (χ1) is 10.9. The van der Waals surface area contributed by atoms with E-state index >= 15 is 0 Å². The highest BCUT2D eigenvalue weighted by molar-refractivity contribution is 7.89. The second kappa shape index (κ2) is 7.15. The number of phenolic OH excluding ortho intramolecular Hbond substituents is 2. The van der Waals surface area contributed by atoms with Crippen LogP contribution < -0.4 is 4.83 Å². The normalized spacial score (nSPS) is 11.7. The molecule has 0 saturated carbocycles. The average molecular weight is 334 g/mol. The van der Waals surface area contributed by atoms with Crippen molar-refractivity contribution >= 4 is 16.2 Å². The molecule has 0 unspecified atom stereocenters. The molecule has 2 rings (SSSR count). The van der Waals surface area contributed by atoms with Crippen LogP contribution >= 0.6 is 0 Å². The highest BCUT2D eigenvalue weighted by Crippen LogP contribution is 2.26. The molecule has 0 aromatic heterocycles. The van der Waals surface area contributed by atoms with Gasteiger partial charge in [-0.3, -0.25) is 0 Å². The first-order valence-corrected chi connectivity index (χ1v) is 8.57. The number of aryl methyl sites for hydroxylation is 1. The zero-order chi connectivity index (χ0) is 16.9. The SMILES string of the molecule is CCCc1ccc(S(=O)(=O)NN=Cc2cccc(O)c2O)cc1. The summed E-state index contributed by atoms with van der Waals surface area (Å²) in [4.78, 5) is 2.18. The van der Waals surface area contributed by atoms with Crippen molar-refractivity contribution in [1.29, 1.82) is 0 Å². The van der Waals surface area contributed by atoms with Gasteiger partial charge in [-0.15, -0.1) is 0 Å². The third-order valence-corrected chi connectivity index (χ3v) is 4.43. The maximum atomic E-state index is 12.1. The molecular formula is C16H18N2O4S. The minimum Gasteiger partial charge on any atom is -0.504 e. The third-order valence-electron chi connectivity index (χ3n) is 3.19. The van der Waals surface area contributed by atoms with Crippen LogP contribution in [0.25, 0.3) is 0 Å². The van der Waals surface area contributed by atoms with Crippen LogP contribution in [0.3, 0.4) is 0 Å². The Morgan fingerprint density at radius 2 is 1.83 bits per heavy atom. The molecule has 0 spiro atoms. The molecule has 0 fully saturated rings. The fourth-order valence-corrected chi connectivity index (χ4v) is 2.79. The predicted octanol–water partition coefficient (Wildman–Crippen LogP) is 2.36. The Labute approximate surface area is 135 Å². The van der Waals surface area contributed by atoms with Crippen molar-refractivity contribution in [1.82, 2.24) is 4.83 Å². The number of nitrogens with one attached hydrogen (secondary N) is 1. The van der Waals surface area contributed by atoms with Crippen LogP contribution in [-0.2, 0) is 16.4 Å². The third kappa shape index (κ3) is 4.23. The molecule has 6 nitrogen and oxygen atoms in total. The highest BCUT2D eigenvalue weighted by Gasteiger charge is 2.12. The lowest BCUT2D eigenvalue weighted by Gasteiger charge is -2.05. The topological polar surface area (TPSA) is 99.0 Å². The van der Waals surface area contributed by atoms with Gasteiger partial charge in [-0.25, -0.2) is 4.83 Å². The lowest BCUT2D eigenvalue weighted by Crippen LogP contribution is -2.18. The van der Waals surface area contributed by atoms with Gasteiger partial charge in [0.05, 0.1) is 11.1 Å². The van der Waals surface area contributed by atoms with Crippen LogP contribution in [0.1, 0.15) is 24.5 Å². The molecule has 0 aliphatic rings. The molecule has 0 atom stereocenters. The Morgan fingerprint density at radius 3 is 2.48 bits per heavy atom. The molecule has 2 aromatic rings. The zero-order valence-corrected chi connectivity index (χ0v) is 13.4. The molecule has 0 saturated heterocycles. The van der Waals surface area contributed by atoms with Crippen LogP contribution in [0.4, 0.5) is 0 Å². The van der Waals surface area contributed by atoms with E-state index in [2.05, 4.69) is 16.9 Å². The number of hydrazone groups is 1. The number of nitrogens with zero attached hydrogens (tertiary/aromatic N) is 1. The van der Waals surface area contributed by atoms with E-state index < -0.39 is 10.0 Å². The van der Waals surface area contributed by atoms with Gasteiger partial charge in [0.1, 0.15) is 0 Å². The van der Waals surface area contributed by atoms with Crippen molar-refractivity contribution in [2.75, 3.05) is 0 Å². The van der Waals surface area contributed by atoms with E-state index in [-0.39, 0.29) is 22.0 Å². The van der Waals surface area contributed by atoms with Gasteiger partial charge >= 0.3 is 0 Å². The second-order valence-electron chi connectivity index (χ2n) is 4.96. The fraction of sp³-hybridized carbons (Fsp3) is 0.188. The molecule has 0 aliphatic heterocycles. The number of aromatic hydroxyl groups is 2. The molecule has 7 heteroatoms. The quantitative estimate of drug-likeness (QED) is 0.429. The average Bonchev–Trinajstić information content (AvgIpc) is 2.52. The minimum atomic E-state index is -3.78. The molecule has 0 heterocycles. The number of hydrogen-bond donors (Lipinski definition) is 3. The number of phenols is 2. The van der Waals surface area contributed by atoms with Gasteiger partial charge in [0.15, 0.2) is 11.5 Å². The summed E-state index contributed by atoms with van der Waals surface area (Å²) in [6.45, 7) is 2.05. The Bertz CT molecular complexity index is 799. The standard InChI is InChI=1S/C16H18N2O4S/c1-2-4-12-7-9-14(10-8-12)23(21,22)18-17-11-13-5-3-6-15(19)16(13)20/h3,5-11,18-20H,2,4H2,1H3. The summed E-state index contributed by atoms with van der Waals surface area (Å²) < 4.78 is 24.2. The summed E-state index contributed by atoms with van der Waals surface area (Å²) in [6, 6.07) is 10.9. The number of hydrogen-bond acceptors (Lipinski definition) is 5. The summed E-state index contributed by atoms with van der Waals surface area (Å²) in [5.74, 6) is -0.664. The fourth-order valence-electron chi connectivity index (χ4n) is 1.99. The molecule has 0 aliphatic carbocycles. The summed E-state index contributed by atoms with van der Waals surface area (Å²) in [5, 5.41) is 22.6. The highest BCUT2D eigenvalue weighted by atomic mass is 32.2. The summed E-state index contributed by atoms with van der Waals surface area (Å²) in [5.41, 5.74) is 1.27. The molecular weight excluding hydrogens is 316 g/mol. The maximum Gasteiger partial charge on any atom is 0.276 e. The van der Waals surface area contributed by atoms with Crippen LogP contribution in [0, 0.1) is 0 Å². The number of sulfonamides is 1. The van der Waals surface area contributed by atoms with E-state index in [4.69, 9.17) is 0 Å². The van der Waals surface area contributed by atoms with Crippen molar-refractivity contribution in [2.45, 2.75) is 24.7 Å². The molecule has 122 valence electrons. The van der Waals surface area contributed by atoms with Crippen molar-refractivity contribution < 1.29 is 18.6 Å². The summed E-state index contributed by atoms with van der Waals surface area (Å²) in [6.07, 6.45) is 3.00. The number of para-hydroxylation sites is 1. The number of benzene rings is 2. The lowest BCUT2D eigenvalue weighted by atomic mass is 10.1. The summed E-state index contributed by atoms with van der Waals surface area (Å²) in [7, 11) is -3.78. The largest absolute Gasteiger partial charge is 0.504 e. The van der Waals surface area contributed by atoms with E-state index in [1.807, 2.05) is 0 Å². The van der Waals surface area contributed by atoms with Gasteiger partial charge in [-0.05, 0) is 36.2 Å². The second-order valence-corrected chi connectivity index (χ2v) is 6.62. The van der Waals surface area contributed by atoms with E-state index in [0.29, 0.717) is 0 Å². The van der Waals surface area contributed by atoms with Crippen LogP contribution in [0.2, 0.25) is 0 Å². The van der Waals surface area contributed by atoms with E-state index in [9.17, 15) is 18.6 Å². The zero-order valence-electron chi connectivity index (χ0n) is 12.6. The predicted molar refractivity (Wildman–Crippen MR) is 88.1 cm³/mol. The molecule has 2 aromatic carbocycles. The van der Waals surface area contributed by atoms with Gasteiger partial charge in [0.25, 0.3) is 10.0 Å². The van der Waals surface area contributed by atoms with Crippen LogP contribution in [-0.4, -0.2) is 24.8 Å². The van der Waals surface area contributed by atoms with Crippen molar-refractivity contribution in [2.24, 2.45) is 5.10 Å². The van der Waals surface area contributed by atoms with Crippen LogP contribution in [0.5, 0.6) is 11.5 Å². The Balaban J connectivity index is 2.12. The summed E-state index contributed by atoms with van der Waals surface area (Å²) >= 11 is 0. The number of rotatable bonds is 6. The monoisotopic (exact) mass is 334 g/mol. The van der Waals surface area contributed by atoms with E-state index in [1.165, 1.54) is 30.3 Å². The van der Waals surface area contributed by atoms with Gasteiger partial charge in [-0.1, -0.05) is 31.5 Å². The van der Waals surface area contributed by atoms with Crippen LogP contribution in [0.15, 0.2) is 52.5 Å². The smallest absolute Gasteiger partial charge is 0.276 e. The maximum absolute atomic E-state index is 12.1.